The minimum Gasteiger partial charge on any atom is -0.310 e. The molecule has 5 aliphatic carbocycles. The van der Waals surface area contributed by atoms with Crippen molar-refractivity contribution in [3.05, 3.63) is 411 Å². The highest BCUT2D eigenvalue weighted by Crippen LogP contribution is 2.59. The highest BCUT2D eigenvalue weighted by atomic mass is 15.2. The fourth-order valence-electron chi connectivity index (χ4n) is 24.8. The van der Waals surface area contributed by atoms with Crippen molar-refractivity contribution in [3.63, 3.8) is 0 Å². The maximum atomic E-state index is 2.56. The molecule has 150 heavy (non-hydrogen) atoms. The van der Waals surface area contributed by atoms with E-state index in [0.717, 1.165) is 28.9 Å². The molecule has 2 saturated carbocycles. The van der Waals surface area contributed by atoms with Crippen molar-refractivity contribution < 1.29 is 0 Å². The Morgan fingerprint density at radius 3 is 0.693 bits per heavy atom. The van der Waals surface area contributed by atoms with Gasteiger partial charge in [0.2, 0.25) is 0 Å². The summed E-state index contributed by atoms with van der Waals surface area (Å²) in [7, 11) is 0. The maximum Gasteiger partial charge on any atom is 0.0467 e. The molecule has 776 valence electrons. The van der Waals surface area contributed by atoms with Gasteiger partial charge in [0.05, 0.1) is 0 Å². The molecule has 15 aromatic carbocycles. The van der Waals surface area contributed by atoms with Gasteiger partial charge in [0.15, 0.2) is 0 Å². The Balaban J connectivity index is 0.000000148. The second kappa shape index (κ2) is 41.4. The maximum absolute atomic E-state index is 2.56. The first-order chi connectivity index (χ1) is 70.8. The molecule has 0 atom stereocenters. The number of benzene rings is 15. The summed E-state index contributed by atoms with van der Waals surface area (Å²) in [6, 6.07) is 124. The third kappa shape index (κ3) is 22.1. The summed E-state index contributed by atoms with van der Waals surface area (Å²) >= 11 is 0. The van der Waals surface area contributed by atoms with Crippen LogP contribution < -0.4 is 14.7 Å². The van der Waals surface area contributed by atoms with E-state index in [1.807, 2.05) is 0 Å². The molecule has 15 aromatic rings. The monoisotopic (exact) mass is 1980 g/mol. The van der Waals surface area contributed by atoms with Crippen LogP contribution in [0, 0.1) is 0 Å². The van der Waals surface area contributed by atoms with E-state index < -0.39 is 0 Å². The van der Waals surface area contributed by atoms with Crippen molar-refractivity contribution in [2.24, 2.45) is 0 Å². The Bertz CT molecular complexity index is 7040. The van der Waals surface area contributed by atoms with Crippen LogP contribution >= 0.6 is 0 Å². The van der Waals surface area contributed by atoms with Crippen LogP contribution in [0.25, 0.3) is 66.8 Å². The summed E-state index contributed by atoms with van der Waals surface area (Å²) in [4.78, 5) is 7.45. The summed E-state index contributed by atoms with van der Waals surface area (Å²) in [5.41, 5.74) is 49.5. The Hall–Kier alpha value is -12.3. The third-order valence-electron chi connectivity index (χ3n) is 34.2. The first-order valence-electron chi connectivity index (χ1n) is 57.1. The molecule has 0 heterocycles. The zero-order chi connectivity index (χ0) is 107. The number of fused-ring (bicyclic) bond motifs is 9. The summed E-state index contributed by atoms with van der Waals surface area (Å²) in [6.07, 6.45) is 18.4. The van der Waals surface area contributed by atoms with Gasteiger partial charge in [-0.3, -0.25) is 0 Å². The van der Waals surface area contributed by atoms with Crippen molar-refractivity contribution in [3.8, 4) is 66.8 Å². The lowest BCUT2D eigenvalue weighted by molar-refractivity contribution is 0.436. The molecule has 0 N–H and O–H groups in total. The topological polar surface area (TPSA) is 9.72 Å². The Morgan fingerprint density at radius 2 is 0.420 bits per heavy atom. The zero-order valence-corrected chi connectivity index (χ0v) is 97.0. The molecule has 0 spiro atoms. The number of anilines is 9. The first kappa shape index (κ1) is 108. The standard InChI is InChI=1S/C55H63N.C49H59N.C43H51N/c1-51(2,3)40-29-38(30-41(33-40)52(4,5)6)36-19-23-44(24-20-36)56(46-27-28-48-47-17-15-16-18-49(47)55(13,14)50(48)35-46)45-25-21-37(22-26-45)39-31-42(53(7,8)9)34-43(32-39)54(10,11)12;1-45(2,3)34-25-33(26-35(27-34)46(4,5)6)32-19-21-38(22-20-32)50(40-29-36(47(7,8)9)28-37(30-40)48(10,11)12)39-23-24-42-41-17-15-16-18-43(41)49(13,14)44(42)31-39;1-3-29-43(30-4-2)41-18-12-11-17-39(41)40-28-27-38(31-42(40)43)44(36-23-19-34(20-24-36)32-13-7-5-8-14-32)37-25-21-35(22-26-37)33-15-9-6-10-16-33/h15-35H,1-14H3;15-31H,1-14H3;11-12,17-28,31-33H,3-10,13-16,29-30H2,1-2H3. The molecule has 3 heteroatoms. The Labute approximate surface area is 905 Å². The van der Waals surface area contributed by atoms with Crippen LogP contribution in [0.3, 0.4) is 0 Å². The SMILES string of the molecule is CC(C)(C)c1cc(-c2ccc(N(c3cc(C(C)(C)C)cc(C(C)(C)C)c3)c3ccc4c(c3)C(C)(C)c3ccccc3-4)cc2)cc(C(C)(C)C)c1.CC(C)(C)c1cc(-c2ccc(N(c3ccc(-c4cc(C(C)(C)C)cc(C(C)(C)C)c4)cc3)c3ccc4c(c3)C(C)(C)c3ccccc3-4)cc2)cc(C(C)(C)C)c1.CCCC1(CCC)c2ccccc2-c2ccc(N(c3ccc(C4CCCCC4)cc3)c3ccc(C4CCCCC4)cc3)cc21. The van der Waals surface area contributed by atoms with Crippen LogP contribution in [0.4, 0.5) is 51.2 Å². The van der Waals surface area contributed by atoms with Crippen molar-refractivity contribution >= 4 is 51.2 Å². The van der Waals surface area contributed by atoms with E-state index in [1.54, 1.807) is 0 Å². The van der Waals surface area contributed by atoms with Gasteiger partial charge >= 0.3 is 0 Å². The molecule has 2 fully saturated rings. The fraction of sp³-hybridized carbons (Fsp3) is 0.388. The zero-order valence-electron chi connectivity index (χ0n) is 97.0. The molecule has 0 aromatic heterocycles. The van der Waals surface area contributed by atoms with Gasteiger partial charge in [-0.1, -0.05) is 471 Å². The quantitative estimate of drug-likeness (QED) is 0.0848. The molecule has 0 radical (unpaired) electrons. The van der Waals surface area contributed by atoms with Crippen LogP contribution in [-0.4, -0.2) is 0 Å². The molecule has 20 rings (SSSR count). The Kier molecular flexibility index (Phi) is 29.6. The molecule has 0 amide bonds. The lowest BCUT2D eigenvalue weighted by Crippen LogP contribution is -2.25. The highest BCUT2D eigenvalue weighted by Gasteiger charge is 2.44. The van der Waals surface area contributed by atoms with Gasteiger partial charge in [0.1, 0.15) is 0 Å². The number of hydrogen-bond acceptors (Lipinski definition) is 3. The van der Waals surface area contributed by atoms with Crippen molar-refractivity contribution in [1.29, 1.82) is 0 Å². The lowest BCUT2D eigenvalue weighted by Gasteiger charge is -2.33. The van der Waals surface area contributed by atoms with Gasteiger partial charge in [0.25, 0.3) is 0 Å². The van der Waals surface area contributed by atoms with E-state index in [0.29, 0.717) is 0 Å². The van der Waals surface area contributed by atoms with Gasteiger partial charge < -0.3 is 14.7 Å². The summed E-state index contributed by atoms with van der Waals surface area (Å²) < 4.78 is 0. The minimum atomic E-state index is -0.0903. The molecule has 0 bridgehead atoms. The average Bonchev–Trinajstić information content (AvgIpc) is 1.57. The fourth-order valence-corrected chi connectivity index (χ4v) is 24.8. The van der Waals surface area contributed by atoms with Crippen LogP contribution in [-0.2, 0) is 59.6 Å². The molecular formula is C147H173N3. The molecular weight excluding hydrogens is 1810 g/mol. The third-order valence-corrected chi connectivity index (χ3v) is 34.2. The molecule has 0 saturated heterocycles. The Morgan fingerprint density at radius 1 is 0.200 bits per heavy atom. The molecule has 5 aliphatic rings. The van der Waals surface area contributed by atoms with Gasteiger partial charge in [0, 0.05) is 67.4 Å². The van der Waals surface area contributed by atoms with Crippen molar-refractivity contribution in [1.82, 2.24) is 0 Å². The van der Waals surface area contributed by atoms with E-state index in [-0.39, 0.29) is 59.6 Å². The first-order valence-corrected chi connectivity index (χ1v) is 57.1. The molecule has 0 unspecified atom stereocenters. The normalized spacial score (nSPS) is 15.3. The van der Waals surface area contributed by atoms with Gasteiger partial charge in [-0.15, -0.1) is 0 Å². The number of hydrogen-bond donors (Lipinski definition) is 0. The van der Waals surface area contributed by atoms with Crippen LogP contribution in [0.1, 0.15) is 398 Å². The minimum absolute atomic E-state index is 0.00986. The average molecular weight is 1980 g/mol. The number of nitrogens with zero attached hydrogens (tertiary/aromatic N) is 3. The highest BCUT2D eigenvalue weighted by molar-refractivity contribution is 5.91. The number of rotatable bonds is 18. The predicted octanol–water partition coefficient (Wildman–Crippen LogP) is 43.4. The van der Waals surface area contributed by atoms with E-state index in [2.05, 4.69) is 544 Å². The molecule has 3 nitrogen and oxygen atoms in total. The van der Waals surface area contributed by atoms with E-state index in [4.69, 9.17) is 0 Å². The summed E-state index contributed by atoms with van der Waals surface area (Å²) in [6.45, 7) is 69.7. The summed E-state index contributed by atoms with van der Waals surface area (Å²) in [5, 5.41) is 0. The van der Waals surface area contributed by atoms with Gasteiger partial charge in [-0.2, -0.15) is 0 Å². The smallest absolute Gasteiger partial charge is 0.0467 e. The van der Waals surface area contributed by atoms with Crippen LogP contribution in [0.5, 0.6) is 0 Å². The van der Waals surface area contributed by atoms with Crippen LogP contribution in [0.2, 0.25) is 0 Å². The van der Waals surface area contributed by atoms with Gasteiger partial charge in [-0.05, 0) is 359 Å². The molecule has 0 aliphatic heterocycles. The predicted molar refractivity (Wildman–Crippen MR) is 652 cm³/mol. The lowest BCUT2D eigenvalue weighted by atomic mass is 9.71. The van der Waals surface area contributed by atoms with Crippen LogP contribution in [0.15, 0.2) is 322 Å². The van der Waals surface area contributed by atoms with E-state index in [1.165, 1.54) is 280 Å². The van der Waals surface area contributed by atoms with E-state index in [9.17, 15) is 0 Å². The second-order valence-electron chi connectivity index (χ2n) is 54.3. The second-order valence-corrected chi connectivity index (χ2v) is 54.3. The summed E-state index contributed by atoms with van der Waals surface area (Å²) in [5.74, 6) is 1.45. The van der Waals surface area contributed by atoms with Crippen molar-refractivity contribution in [2.45, 2.75) is 369 Å². The van der Waals surface area contributed by atoms with Crippen molar-refractivity contribution in [2.75, 3.05) is 14.7 Å². The van der Waals surface area contributed by atoms with Gasteiger partial charge in [-0.25, -0.2) is 0 Å². The largest absolute Gasteiger partial charge is 0.310 e. The van der Waals surface area contributed by atoms with E-state index >= 15 is 0 Å².